The van der Waals surface area contributed by atoms with Crippen molar-refractivity contribution >= 4 is 33.2 Å². The number of hydrogen-bond acceptors (Lipinski definition) is 4. The summed E-state index contributed by atoms with van der Waals surface area (Å²) in [7, 11) is -2.10. The number of fused-ring (bicyclic) bond motifs is 1. The van der Waals surface area contributed by atoms with E-state index in [0.717, 1.165) is 22.5 Å². The van der Waals surface area contributed by atoms with Gasteiger partial charge in [0.05, 0.1) is 16.2 Å². The zero-order valence-electron chi connectivity index (χ0n) is 19.8. The number of anilines is 2. The molecular formula is C25H31N3O4S. The van der Waals surface area contributed by atoms with Gasteiger partial charge in [-0.2, -0.15) is 4.31 Å². The number of nitrogens with one attached hydrogen (secondary N) is 1. The summed E-state index contributed by atoms with van der Waals surface area (Å²) in [5.74, 6) is -0.650. The van der Waals surface area contributed by atoms with Crippen molar-refractivity contribution in [3.63, 3.8) is 0 Å². The highest BCUT2D eigenvalue weighted by molar-refractivity contribution is 7.89. The molecule has 0 aliphatic carbocycles. The molecule has 0 aromatic heterocycles. The minimum absolute atomic E-state index is 0.0619. The van der Waals surface area contributed by atoms with Crippen LogP contribution in [0.5, 0.6) is 0 Å². The number of aryl methyl sites for hydroxylation is 2. The van der Waals surface area contributed by atoms with Gasteiger partial charge in [0.15, 0.2) is 0 Å². The molecule has 2 aliphatic heterocycles. The fraction of sp³-hybridized carbons (Fsp3) is 0.440. The number of hydrogen-bond donors (Lipinski definition) is 1. The topological polar surface area (TPSA) is 86.8 Å². The molecule has 2 aliphatic rings. The van der Waals surface area contributed by atoms with E-state index in [9.17, 15) is 18.0 Å². The maximum Gasteiger partial charge on any atom is 0.243 e. The fourth-order valence-electron chi connectivity index (χ4n) is 4.93. The number of nitrogens with zero attached hydrogens (tertiary/aromatic N) is 2. The molecule has 0 radical (unpaired) electrons. The predicted octanol–water partition coefficient (Wildman–Crippen LogP) is 3.60. The van der Waals surface area contributed by atoms with Crippen molar-refractivity contribution in [3.8, 4) is 0 Å². The second-order valence-electron chi connectivity index (χ2n) is 9.74. The molecule has 2 aromatic carbocycles. The number of piperidine rings is 1. The van der Waals surface area contributed by atoms with E-state index in [4.69, 9.17) is 0 Å². The second kappa shape index (κ2) is 8.25. The zero-order chi connectivity index (χ0) is 24.1. The Hall–Kier alpha value is -2.71. The van der Waals surface area contributed by atoms with Gasteiger partial charge in [-0.25, -0.2) is 8.42 Å². The molecule has 0 unspecified atom stereocenters. The summed E-state index contributed by atoms with van der Waals surface area (Å²) in [5, 5.41) is 2.96. The van der Waals surface area contributed by atoms with Crippen molar-refractivity contribution in [2.75, 3.05) is 30.4 Å². The number of likely N-dealkylation sites (N-methyl/N-ethyl adjacent to an activating group) is 1. The molecule has 1 N–H and O–H groups in total. The first kappa shape index (κ1) is 23.4. The molecule has 2 amide bonds. The van der Waals surface area contributed by atoms with Gasteiger partial charge in [-0.15, -0.1) is 0 Å². The monoisotopic (exact) mass is 469 g/mol. The number of benzene rings is 2. The third-order valence-electron chi connectivity index (χ3n) is 6.72. The van der Waals surface area contributed by atoms with Crippen molar-refractivity contribution in [2.45, 2.75) is 50.8 Å². The Morgan fingerprint density at radius 1 is 1.09 bits per heavy atom. The number of carbonyl (C=O) groups excluding carboxylic acids is 2. The fourth-order valence-corrected chi connectivity index (χ4v) is 6.48. The lowest BCUT2D eigenvalue weighted by molar-refractivity contribution is -0.122. The molecule has 176 valence electrons. The molecule has 0 saturated carbocycles. The summed E-state index contributed by atoms with van der Waals surface area (Å²) in [6.45, 7) is 8.07. The molecule has 0 bridgehead atoms. The van der Waals surface area contributed by atoms with Crippen LogP contribution in [0.2, 0.25) is 0 Å². The van der Waals surface area contributed by atoms with E-state index >= 15 is 0 Å². The molecule has 4 rings (SSSR count). The average Bonchev–Trinajstić information content (AvgIpc) is 2.93. The Kier molecular flexibility index (Phi) is 5.87. The van der Waals surface area contributed by atoms with Crippen molar-refractivity contribution in [2.24, 2.45) is 5.92 Å². The SMILES string of the molecule is Cc1cc(C)cc(NC(=O)[C@H]2CCCN(S(=O)(=O)c3ccc4c(c3)C(C)(C)C(=O)N4C)C2)c1. The Labute approximate surface area is 195 Å². The first-order valence-electron chi connectivity index (χ1n) is 11.2. The Morgan fingerprint density at radius 3 is 2.42 bits per heavy atom. The highest BCUT2D eigenvalue weighted by Gasteiger charge is 2.43. The number of amides is 2. The third kappa shape index (κ3) is 4.17. The van der Waals surface area contributed by atoms with Crippen LogP contribution < -0.4 is 10.2 Å². The Morgan fingerprint density at radius 2 is 1.76 bits per heavy atom. The summed E-state index contributed by atoms with van der Waals surface area (Å²) in [5.41, 5.74) is 3.49. The molecule has 33 heavy (non-hydrogen) atoms. The van der Waals surface area contributed by atoms with E-state index < -0.39 is 21.4 Å². The molecule has 1 fully saturated rings. The van der Waals surface area contributed by atoms with Gasteiger partial charge in [-0.05, 0) is 87.6 Å². The van der Waals surface area contributed by atoms with Gasteiger partial charge in [-0.3, -0.25) is 9.59 Å². The van der Waals surface area contributed by atoms with Crippen molar-refractivity contribution < 1.29 is 18.0 Å². The third-order valence-corrected chi connectivity index (χ3v) is 8.59. The molecule has 0 spiro atoms. The highest BCUT2D eigenvalue weighted by atomic mass is 32.2. The predicted molar refractivity (Wildman–Crippen MR) is 129 cm³/mol. The molecule has 7 nitrogen and oxygen atoms in total. The summed E-state index contributed by atoms with van der Waals surface area (Å²) in [6.07, 6.45) is 1.25. The Bertz CT molecular complexity index is 1220. The van der Waals surface area contributed by atoms with Crippen LogP contribution in [-0.4, -0.2) is 44.7 Å². The van der Waals surface area contributed by atoms with Crippen LogP contribution in [-0.2, 0) is 25.0 Å². The molecule has 2 aromatic rings. The molecule has 1 atom stereocenters. The second-order valence-corrected chi connectivity index (χ2v) is 11.7. The molecule has 8 heteroatoms. The van der Waals surface area contributed by atoms with E-state index in [1.165, 1.54) is 4.31 Å². The van der Waals surface area contributed by atoms with Gasteiger partial charge in [-0.1, -0.05) is 6.07 Å². The van der Waals surface area contributed by atoms with Crippen LogP contribution in [0, 0.1) is 19.8 Å². The highest BCUT2D eigenvalue weighted by Crippen LogP contribution is 2.42. The molecule has 1 saturated heterocycles. The van der Waals surface area contributed by atoms with Gasteiger partial charge in [0.1, 0.15) is 0 Å². The summed E-state index contributed by atoms with van der Waals surface area (Å²) < 4.78 is 28.3. The van der Waals surface area contributed by atoms with Gasteiger partial charge >= 0.3 is 0 Å². The van der Waals surface area contributed by atoms with Gasteiger partial charge < -0.3 is 10.2 Å². The van der Waals surface area contributed by atoms with E-state index in [2.05, 4.69) is 5.32 Å². The number of carbonyl (C=O) groups is 2. The van der Waals surface area contributed by atoms with Gasteiger partial charge in [0.2, 0.25) is 21.8 Å². The lowest BCUT2D eigenvalue weighted by Gasteiger charge is -2.31. The molecular weight excluding hydrogens is 438 g/mol. The van der Waals surface area contributed by atoms with Gasteiger partial charge in [0.25, 0.3) is 0 Å². The van der Waals surface area contributed by atoms with Crippen LogP contribution in [0.4, 0.5) is 11.4 Å². The van der Waals surface area contributed by atoms with Crippen LogP contribution in [0.25, 0.3) is 0 Å². The number of rotatable bonds is 4. The van der Waals surface area contributed by atoms with Crippen molar-refractivity contribution in [1.29, 1.82) is 0 Å². The Balaban J connectivity index is 1.55. The first-order chi connectivity index (χ1) is 15.4. The van der Waals surface area contributed by atoms with Crippen molar-refractivity contribution in [3.05, 3.63) is 53.1 Å². The normalized spacial score (nSPS) is 20.6. The van der Waals surface area contributed by atoms with E-state index in [-0.39, 0.29) is 23.3 Å². The maximum absolute atomic E-state index is 13.5. The first-order valence-corrected chi connectivity index (χ1v) is 12.7. The molecule has 2 heterocycles. The summed E-state index contributed by atoms with van der Waals surface area (Å²) in [6, 6.07) is 10.7. The standard InChI is InChI=1S/C25H31N3O4S/c1-16-11-17(2)13-19(12-16)26-23(29)18-7-6-10-28(15-18)33(31,32)20-8-9-22-21(14-20)25(3,4)24(30)27(22)5/h8-9,11-14,18H,6-7,10,15H2,1-5H3,(H,26,29)/t18-/m0/s1. The van der Waals surface area contributed by atoms with Crippen LogP contribution in [0.15, 0.2) is 41.3 Å². The lowest BCUT2D eigenvalue weighted by atomic mass is 9.86. The van der Waals surface area contributed by atoms with Crippen molar-refractivity contribution in [1.82, 2.24) is 4.31 Å². The maximum atomic E-state index is 13.5. The minimum Gasteiger partial charge on any atom is -0.326 e. The van der Waals surface area contributed by atoms with Gasteiger partial charge in [0, 0.05) is 31.5 Å². The van der Waals surface area contributed by atoms with E-state index in [1.54, 1.807) is 30.1 Å². The summed E-state index contributed by atoms with van der Waals surface area (Å²) in [4.78, 5) is 27.2. The smallest absolute Gasteiger partial charge is 0.243 e. The van der Waals surface area contributed by atoms with E-state index in [1.807, 2.05) is 45.9 Å². The van der Waals surface area contributed by atoms with E-state index in [0.29, 0.717) is 24.9 Å². The number of sulfonamides is 1. The van der Waals surface area contributed by atoms with Crippen LogP contribution in [0.3, 0.4) is 0 Å². The lowest BCUT2D eigenvalue weighted by Crippen LogP contribution is -2.43. The average molecular weight is 470 g/mol. The zero-order valence-corrected chi connectivity index (χ0v) is 20.6. The summed E-state index contributed by atoms with van der Waals surface area (Å²) >= 11 is 0. The quantitative estimate of drug-likeness (QED) is 0.741. The van der Waals surface area contributed by atoms with Crippen LogP contribution >= 0.6 is 0 Å². The van der Waals surface area contributed by atoms with Crippen LogP contribution in [0.1, 0.15) is 43.4 Å². The largest absolute Gasteiger partial charge is 0.326 e. The minimum atomic E-state index is -3.80.